The molecule has 1 aromatic heterocycles. The second kappa shape index (κ2) is 7.95. The fourth-order valence-electron chi connectivity index (χ4n) is 3.65. The van der Waals surface area contributed by atoms with Gasteiger partial charge in [0.05, 0.1) is 11.5 Å². The number of hydrogen-bond acceptors (Lipinski definition) is 6. The quantitative estimate of drug-likeness (QED) is 0.682. The Morgan fingerprint density at radius 3 is 2.71 bits per heavy atom. The summed E-state index contributed by atoms with van der Waals surface area (Å²) in [6.45, 7) is 5.85. The molecule has 8 heteroatoms. The SMILES string of the molecule is CCCN(C(=O)COc1ccc2c(C)cc(=O)oc2c1C)[C@@H]1CCS(=O)(=O)C1. The van der Waals surface area contributed by atoms with Crippen LogP contribution in [0.25, 0.3) is 11.0 Å². The summed E-state index contributed by atoms with van der Waals surface area (Å²) in [5.41, 5.74) is 1.48. The second-order valence-electron chi connectivity index (χ2n) is 7.25. The lowest BCUT2D eigenvalue weighted by molar-refractivity contribution is -0.135. The molecule has 7 nitrogen and oxygen atoms in total. The van der Waals surface area contributed by atoms with E-state index in [-0.39, 0.29) is 30.1 Å². The number of hydrogen-bond donors (Lipinski definition) is 0. The van der Waals surface area contributed by atoms with E-state index in [4.69, 9.17) is 9.15 Å². The zero-order valence-electron chi connectivity index (χ0n) is 16.4. The third-order valence-corrected chi connectivity index (χ3v) is 6.85. The highest BCUT2D eigenvalue weighted by molar-refractivity contribution is 7.91. The van der Waals surface area contributed by atoms with Crippen molar-refractivity contribution in [2.45, 2.75) is 39.7 Å². The maximum absolute atomic E-state index is 12.7. The number of sulfone groups is 1. The topological polar surface area (TPSA) is 93.9 Å². The van der Waals surface area contributed by atoms with Crippen LogP contribution in [0, 0.1) is 13.8 Å². The molecule has 0 unspecified atom stereocenters. The van der Waals surface area contributed by atoms with Gasteiger partial charge in [0.25, 0.3) is 5.91 Å². The number of ether oxygens (including phenoxy) is 1. The molecule has 1 fully saturated rings. The van der Waals surface area contributed by atoms with E-state index in [0.29, 0.717) is 29.9 Å². The van der Waals surface area contributed by atoms with Gasteiger partial charge in [-0.3, -0.25) is 4.79 Å². The molecule has 0 spiro atoms. The van der Waals surface area contributed by atoms with Crippen molar-refractivity contribution in [2.75, 3.05) is 24.7 Å². The average molecular weight is 407 g/mol. The molecule has 0 bridgehead atoms. The van der Waals surface area contributed by atoms with E-state index in [1.807, 2.05) is 13.8 Å². The molecule has 3 rings (SSSR count). The van der Waals surface area contributed by atoms with E-state index in [0.717, 1.165) is 17.4 Å². The van der Waals surface area contributed by atoms with E-state index in [1.165, 1.54) is 6.07 Å². The predicted octanol–water partition coefficient (Wildman–Crippen LogP) is 2.21. The molecule has 1 aliphatic heterocycles. The maximum atomic E-state index is 12.7. The zero-order valence-corrected chi connectivity index (χ0v) is 17.2. The average Bonchev–Trinajstić information content (AvgIpc) is 2.98. The van der Waals surface area contributed by atoms with Crippen LogP contribution in [-0.4, -0.2) is 49.9 Å². The molecule has 0 radical (unpaired) electrons. The Balaban J connectivity index is 1.77. The van der Waals surface area contributed by atoms with Gasteiger partial charge in [-0.2, -0.15) is 0 Å². The Morgan fingerprint density at radius 2 is 2.07 bits per heavy atom. The first-order chi connectivity index (χ1) is 13.2. The summed E-state index contributed by atoms with van der Waals surface area (Å²) in [6.07, 6.45) is 1.20. The zero-order chi connectivity index (χ0) is 20.5. The van der Waals surface area contributed by atoms with E-state index < -0.39 is 15.5 Å². The van der Waals surface area contributed by atoms with Crippen molar-refractivity contribution in [1.29, 1.82) is 0 Å². The van der Waals surface area contributed by atoms with E-state index in [1.54, 1.807) is 24.0 Å². The summed E-state index contributed by atoms with van der Waals surface area (Å²) in [7, 11) is -3.08. The molecule has 0 aliphatic carbocycles. The summed E-state index contributed by atoms with van der Waals surface area (Å²) in [6, 6.07) is 4.69. The molecule has 1 aliphatic rings. The van der Waals surface area contributed by atoms with Gasteiger partial charge in [-0.15, -0.1) is 0 Å². The van der Waals surface area contributed by atoms with Gasteiger partial charge in [0, 0.05) is 29.6 Å². The molecular weight excluding hydrogens is 382 g/mol. The Kier molecular flexibility index (Phi) is 5.79. The monoisotopic (exact) mass is 407 g/mol. The van der Waals surface area contributed by atoms with Gasteiger partial charge < -0.3 is 14.1 Å². The van der Waals surface area contributed by atoms with Crippen LogP contribution in [-0.2, 0) is 14.6 Å². The number of carbonyl (C=O) groups is 1. The summed E-state index contributed by atoms with van der Waals surface area (Å²) >= 11 is 0. The minimum absolute atomic E-state index is 0.0121. The fourth-order valence-corrected chi connectivity index (χ4v) is 5.38. The minimum Gasteiger partial charge on any atom is -0.483 e. The number of amides is 1. The molecule has 1 amide bonds. The molecule has 1 aromatic carbocycles. The van der Waals surface area contributed by atoms with Gasteiger partial charge in [-0.25, -0.2) is 13.2 Å². The first-order valence-electron chi connectivity index (χ1n) is 9.38. The van der Waals surface area contributed by atoms with Gasteiger partial charge in [0.2, 0.25) is 0 Å². The van der Waals surface area contributed by atoms with Crippen molar-refractivity contribution in [3.63, 3.8) is 0 Å². The normalized spacial score (nSPS) is 18.3. The highest BCUT2D eigenvalue weighted by Gasteiger charge is 2.34. The highest BCUT2D eigenvalue weighted by atomic mass is 32.2. The summed E-state index contributed by atoms with van der Waals surface area (Å²) < 4.78 is 34.6. The van der Waals surface area contributed by atoms with Crippen LogP contribution in [0.4, 0.5) is 0 Å². The Morgan fingerprint density at radius 1 is 1.32 bits per heavy atom. The van der Waals surface area contributed by atoms with E-state index in [9.17, 15) is 18.0 Å². The van der Waals surface area contributed by atoms with E-state index in [2.05, 4.69) is 0 Å². The smallest absolute Gasteiger partial charge is 0.336 e. The number of benzene rings is 1. The third-order valence-electron chi connectivity index (χ3n) is 5.10. The number of aryl methyl sites for hydroxylation is 2. The van der Waals surface area contributed by atoms with Crippen LogP contribution < -0.4 is 10.4 Å². The minimum atomic E-state index is -3.08. The third kappa shape index (κ3) is 4.22. The van der Waals surface area contributed by atoms with Gasteiger partial charge >= 0.3 is 5.63 Å². The molecule has 1 atom stereocenters. The van der Waals surface area contributed by atoms with Gasteiger partial charge in [0.15, 0.2) is 16.4 Å². The first-order valence-corrected chi connectivity index (χ1v) is 11.2. The fraction of sp³-hybridized carbons (Fsp3) is 0.500. The molecule has 2 aromatic rings. The molecular formula is C20H25NO6S. The molecule has 0 N–H and O–H groups in total. The summed E-state index contributed by atoms with van der Waals surface area (Å²) in [5, 5.41) is 0.819. The van der Waals surface area contributed by atoms with Crippen LogP contribution in [0.15, 0.2) is 27.4 Å². The van der Waals surface area contributed by atoms with Crippen molar-refractivity contribution >= 4 is 26.7 Å². The Bertz CT molecular complexity index is 1060. The van der Waals surface area contributed by atoms with E-state index >= 15 is 0 Å². The first kappa shape index (κ1) is 20.4. The number of fused-ring (bicyclic) bond motifs is 1. The Hall–Kier alpha value is -2.35. The van der Waals surface area contributed by atoms with Crippen LogP contribution in [0.5, 0.6) is 5.75 Å². The van der Waals surface area contributed by atoms with Crippen molar-refractivity contribution in [2.24, 2.45) is 0 Å². The number of rotatable bonds is 6. The van der Waals surface area contributed by atoms with Gasteiger partial charge in [-0.1, -0.05) is 6.92 Å². The second-order valence-corrected chi connectivity index (χ2v) is 9.48. The lowest BCUT2D eigenvalue weighted by Crippen LogP contribution is -2.44. The maximum Gasteiger partial charge on any atom is 0.336 e. The van der Waals surface area contributed by atoms with Crippen LogP contribution in [0.3, 0.4) is 0 Å². The Labute approximate surface area is 164 Å². The summed E-state index contributed by atoms with van der Waals surface area (Å²) in [5.74, 6) is 0.353. The number of nitrogens with zero attached hydrogens (tertiary/aromatic N) is 1. The van der Waals surface area contributed by atoms with Crippen molar-refractivity contribution < 1.29 is 22.4 Å². The van der Waals surface area contributed by atoms with Crippen LogP contribution in [0.1, 0.15) is 30.9 Å². The largest absolute Gasteiger partial charge is 0.483 e. The van der Waals surface area contributed by atoms with Crippen LogP contribution in [0.2, 0.25) is 0 Å². The molecule has 1 saturated heterocycles. The molecule has 152 valence electrons. The van der Waals surface area contributed by atoms with Crippen molar-refractivity contribution in [3.05, 3.63) is 39.7 Å². The molecule has 2 heterocycles. The van der Waals surface area contributed by atoms with Gasteiger partial charge in [0.1, 0.15) is 11.3 Å². The molecule has 28 heavy (non-hydrogen) atoms. The van der Waals surface area contributed by atoms with Crippen molar-refractivity contribution in [3.8, 4) is 5.75 Å². The van der Waals surface area contributed by atoms with Crippen LogP contribution >= 0.6 is 0 Å². The van der Waals surface area contributed by atoms with Crippen molar-refractivity contribution in [1.82, 2.24) is 4.90 Å². The predicted molar refractivity (Wildman–Crippen MR) is 107 cm³/mol. The molecule has 0 saturated carbocycles. The lowest BCUT2D eigenvalue weighted by Gasteiger charge is -2.28. The standard InChI is InChI=1S/C20H25NO6S/c1-4-8-21(15-7-9-28(24,25)12-15)18(22)11-26-17-6-5-16-13(2)10-19(23)27-20(16)14(17)3/h5-6,10,15H,4,7-9,11-12H2,1-3H3/t15-/m1/s1. The lowest BCUT2D eigenvalue weighted by atomic mass is 10.1. The summed E-state index contributed by atoms with van der Waals surface area (Å²) in [4.78, 5) is 26.0. The number of carbonyl (C=O) groups excluding carboxylic acids is 1. The highest BCUT2D eigenvalue weighted by Crippen LogP contribution is 2.28. The van der Waals surface area contributed by atoms with Gasteiger partial charge in [-0.05, 0) is 44.4 Å².